The van der Waals surface area contributed by atoms with Gasteiger partial charge in [-0.2, -0.15) is 0 Å². The maximum Gasteiger partial charge on any atom is 0.410 e. The highest BCUT2D eigenvalue weighted by molar-refractivity contribution is 5.77. The molecule has 1 unspecified atom stereocenters. The molecule has 6 heteroatoms. The van der Waals surface area contributed by atoms with Crippen molar-refractivity contribution in [3.8, 4) is 0 Å². The van der Waals surface area contributed by atoms with Gasteiger partial charge in [0.25, 0.3) is 0 Å². The molecule has 1 atom stereocenters. The summed E-state index contributed by atoms with van der Waals surface area (Å²) in [4.78, 5) is 31.1. The fourth-order valence-electron chi connectivity index (χ4n) is 3.30. The first-order valence-electron chi connectivity index (χ1n) is 10.1. The van der Waals surface area contributed by atoms with Gasteiger partial charge in [0, 0.05) is 51.2 Å². The number of nitrogens with zero attached hydrogens (tertiary/aromatic N) is 3. The summed E-state index contributed by atoms with van der Waals surface area (Å²) < 4.78 is 5.43. The molecule has 26 heavy (non-hydrogen) atoms. The van der Waals surface area contributed by atoms with E-state index < -0.39 is 5.60 Å². The first-order valence-corrected chi connectivity index (χ1v) is 10.1. The highest BCUT2D eigenvalue weighted by atomic mass is 16.6. The van der Waals surface area contributed by atoms with Crippen LogP contribution in [0.1, 0.15) is 60.8 Å². The van der Waals surface area contributed by atoms with Crippen LogP contribution in [0.2, 0.25) is 0 Å². The van der Waals surface area contributed by atoms with Gasteiger partial charge in [-0.05, 0) is 46.5 Å². The zero-order valence-electron chi connectivity index (χ0n) is 17.5. The molecule has 0 aromatic heterocycles. The van der Waals surface area contributed by atoms with E-state index in [9.17, 15) is 9.59 Å². The smallest absolute Gasteiger partial charge is 0.410 e. The van der Waals surface area contributed by atoms with E-state index in [0.717, 1.165) is 32.5 Å². The minimum atomic E-state index is -0.458. The van der Waals surface area contributed by atoms with Crippen molar-refractivity contribution in [3.63, 3.8) is 0 Å². The predicted molar refractivity (Wildman–Crippen MR) is 103 cm³/mol. The molecule has 1 aliphatic carbocycles. The van der Waals surface area contributed by atoms with Crippen LogP contribution in [0.15, 0.2) is 0 Å². The third-order valence-electron chi connectivity index (χ3n) is 5.30. The second-order valence-electron chi connectivity index (χ2n) is 9.08. The van der Waals surface area contributed by atoms with Gasteiger partial charge in [-0.1, -0.05) is 13.8 Å². The number of rotatable bonds is 6. The molecule has 0 spiro atoms. The number of carbonyl (C=O) groups excluding carboxylic acids is 2. The highest BCUT2D eigenvalue weighted by Crippen LogP contribution is 2.31. The van der Waals surface area contributed by atoms with Gasteiger partial charge in [-0.15, -0.1) is 0 Å². The summed E-state index contributed by atoms with van der Waals surface area (Å²) >= 11 is 0. The molecule has 1 saturated carbocycles. The Labute approximate surface area is 158 Å². The lowest BCUT2D eigenvalue weighted by molar-refractivity contribution is -0.135. The van der Waals surface area contributed by atoms with E-state index in [1.54, 1.807) is 4.90 Å². The molecule has 1 heterocycles. The van der Waals surface area contributed by atoms with Crippen LogP contribution < -0.4 is 0 Å². The van der Waals surface area contributed by atoms with Crippen LogP contribution in [-0.2, 0) is 9.53 Å². The summed E-state index contributed by atoms with van der Waals surface area (Å²) in [6.45, 7) is 15.9. The third-order valence-corrected chi connectivity index (χ3v) is 5.30. The zero-order chi connectivity index (χ0) is 19.5. The average molecular weight is 368 g/mol. The van der Waals surface area contributed by atoms with E-state index >= 15 is 0 Å². The second-order valence-corrected chi connectivity index (χ2v) is 9.08. The highest BCUT2D eigenvalue weighted by Gasteiger charge is 2.36. The molecule has 0 radical (unpaired) electrons. The van der Waals surface area contributed by atoms with Crippen molar-refractivity contribution in [2.45, 2.75) is 78.5 Å². The van der Waals surface area contributed by atoms with E-state index in [2.05, 4.69) is 30.6 Å². The van der Waals surface area contributed by atoms with Crippen molar-refractivity contribution >= 4 is 12.0 Å². The molecule has 2 aliphatic rings. The average Bonchev–Trinajstić information content (AvgIpc) is 3.36. The lowest BCUT2D eigenvalue weighted by atomic mass is 10.0. The number of carbonyl (C=O) groups is 2. The SMILES string of the molecule is CC(C)C(C)N(C(=O)CCN1CCN(C(=O)OC(C)(C)C)CC1)C1CC1. The third kappa shape index (κ3) is 6.15. The summed E-state index contributed by atoms with van der Waals surface area (Å²) in [6.07, 6.45) is 2.63. The predicted octanol–water partition coefficient (Wildman–Crippen LogP) is 2.96. The quantitative estimate of drug-likeness (QED) is 0.724. The Bertz CT molecular complexity index is 489. The van der Waals surface area contributed by atoms with Crippen LogP contribution in [-0.4, -0.2) is 77.1 Å². The Morgan fingerprint density at radius 2 is 1.65 bits per heavy atom. The maximum atomic E-state index is 12.8. The van der Waals surface area contributed by atoms with Crippen molar-refractivity contribution < 1.29 is 14.3 Å². The fourth-order valence-corrected chi connectivity index (χ4v) is 3.30. The first-order chi connectivity index (χ1) is 12.1. The topological polar surface area (TPSA) is 53.1 Å². The summed E-state index contributed by atoms with van der Waals surface area (Å²) in [7, 11) is 0. The van der Waals surface area contributed by atoms with Crippen LogP contribution in [0.25, 0.3) is 0 Å². The molecule has 0 bridgehead atoms. The van der Waals surface area contributed by atoms with E-state index in [-0.39, 0.29) is 12.0 Å². The summed E-state index contributed by atoms with van der Waals surface area (Å²) in [6, 6.07) is 0.767. The summed E-state index contributed by atoms with van der Waals surface area (Å²) in [5, 5.41) is 0. The molecule has 6 nitrogen and oxygen atoms in total. The van der Waals surface area contributed by atoms with Gasteiger partial charge in [0.1, 0.15) is 5.60 Å². The number of amides is 2. The lowest BCUT2D eigenvalue weighted by Crippen LogP contribution is -2.51. The molecule has 2 fully saturated rings. The van der Waals surface area contributed by atoms with Crippen molar-refractivity contribution in [2.24, 2.45) is 5.92 Å². The van der Waals surface area contributed by atoms with E-state index in [4.69, 9.17) is 4.74 Å². The number of hydrogen-bond acceptors (Lipinski definition) is 4. The number of ether oxygens (including phenoxy) is 1. The summed E-state index contributed by atoms with van der Waals surface area (Å²) in [5.74, 6) is 0.764. The molecule has 0 N–H and O–H groups in total. The molecule has 2 amide bonds. The second kappa shape index (κ2) is 8.59. The Hall–Kier alpha value is -1.30. The lowest BCUT2D eigenvalue weighted by Gasteiger charge is -2.36. The monoisotopic (exact) mass is 367 g/mol. The Morgan fingerprint density at radius 1 is 1.08 bits per heavy atom. The van der Waals surface area contributed by atoms with Crippen molar-refractivity contribution in [1.29, 1.82) is 0 Å². The number of piperazine rings is 1. The van der Waals surface area contributed by atoms with Crippen molar-refractivity contribution in [1.82, 2.24) is 14.7 Å². The van der Waals surface area contributed by atoms with E-state index in [0.29, 0.717) is 37.5 Å². The fraction of sp³-hybridized carbons (Fsp3) is 0.900. The van der Waals surface area contributed by atoms with Gasteiger partial charge in [0.2, 0.25) is 5.91 Å². The van der Waals surface area contributed by atoms with Crippen LogP contribution in [0.5, 0.6) is 0 Å². The minimum Gasteiger partial charge on any atom is -0.444 e. The van der Waals surface area contributed by atoms with Gasteiger partial charge >= 0.3 is 6.09 Å². The molecule has 0 aromatic carbocycles. The largest absolute Gasteiger partial charge is 0.444 e. The standard InChI is InChI=1S/C20H37N3O3/c1-15(2)16(3)23(17-7-8-17)18(24)9-10-21-11-13-22(14-12-21)19(25)26-20(4,5)6/h15-17H,7-14H2,1-6H3. The molecular weight excluding hydrogens is 330 g/mol. The van der Waals surface area contributed by atoms with Gasteiger partial charge in [-0.3, -0.25) is 9.69 Å². The van der Waals surface area contributed by atoms with Gasteiger partial charge in [0.05, 0.1) is 0 Å². The van der Waals surface area contributed by atoms with Gasteiger partial charge < -0.3 is 14.5 Å². The van der Waals surface area contributed by atoms with Crippen molar-refractivity contribution in [2.75, 3.05) is 32.7 Å². The first kappa shape index (κ1) is 21.0. The number of hydrogen-bond donors (Lipinski definition) is 0. The van der Waals surface area contributed by atoms with Gasteiger partial charge in [0.15, 0.2) is 0 Å². The molecule has 2 rings (SSSR count). The Kier molecular flexibility index (Phi) is 6.94. The normalized spacial score (nSPS) is 20.2. The van der Waals surface area contributed by atoms with E-state index in [1.165, 1.54) is 0 Å². The molecular formula is C20H37N3O3. The van der Waals surface area contributed by atoms with Gasteiger partial charge in [-0.25, -0.2) is 4.79 Å². The van der Waals surface area contributed by atoms with Crippen LogP contribution >= 0.6 is 0 Å². The molecule has 1 saturated heterocycles. The van der Waals surface area contributed by atoms with E-state index in [1.807, 2.05) is 20.8 Å². The Morgan fingerprint density at radius 3 is 2.12 bits per heavy atom. The molecule has 1 aliphatic heterocycles. The zero-order valence-corrected chi connectivity index (χ0v) is 17.5. The van der Waals surface area contributed by atoms with Crippen LogP contribution in [0.3, 0.4) is 0 Å². The van der Waals surface area contributed by atoms with Crippen LogP contribution in [0, 0.1) is 5.92 Å². The molecule has 0 aromatic rings. The molecule has 150 valence electrons. The Balaban J connectivity index is 1.75. The van der Waals surface area contributed by atoms with Crippen LogP contribution in [0.4, 0.5) is 4.79 Å². The minimum absolute atomic E-state index is 0.237. The van der Waals surface area contributed by atoms with Crippen molar-refractivity contribution in [3.05, 3.63) is 0 Å². The summed E-state index contributed by atoms with van der Waals surface area (Å²) in [5.41, 5.74) is -0.458. The maximum absolute atomic E-state index is 12.8.